The minimum atomic E-state index is 1.07. The fourth-order valence-corrected chi connectivity index (χ4v) is 10.7. The molecule has 1 heterocycles. The van der Waals surface area contributed by atoms with Crippen molar-refractivity contribution >= 4 is 71.2 Å². The van der Waals surface area contributed by atoms with Gasteiger partial charge >= 0.3 is 0 Å². The van der Waals surface area contributed by atoms with Gasteiger partial charge in [0.2, 0.25) is 0 Å². The largest absolute Gasteiger partial charge is 0.310 e. The van der Waals surface area contributed by atoms with Crippen LogP contribution in [0.1, 0.15) is 0 Å². The molecular formula is C66H44N2. The molecule has 0 N–H and O–H groups in total. The Bertz CT molecular complexity index is 4030. The number of anilines is 3. The molecule has 68 heavy (non-hydrogen) atoms. The summed E-state index contributed by atoms with van der Waals surface area (Å²) in [6.45, 7) is 0. The third-order valence-corrected chi connectivity index (χ3v) is 13.8. The van der Waals surface area contributed by atoms with E-state index in [9.17, 15) is 0 Å². The van der Waals surface area contributed by atoms with Crippen molar-refractivity contribution in [2.75, 3.05) is 4.90 Å². The van der Waals surface area contributed by atoms with E-state index in [1.54, 1.807) is 0 Å². The van der Waals surface area contributed by atoms with E-state index >= 15 is 0 Å². The summed E-state index contributed by atoms with van der Waals surface area (Å²) in [5, 5.41) is 9.95. The van der Waals surface area contributed by atoms with Crippen molar-refractivity contribution in [3.05, 3.63) is 267 Å². The van der Waals surface area contributed by atoms with E-state index < -0.39 is 0 Å². The number of hydrogen-bond donors (Lipinski definition) is 0. The summed E-state index contributed by atoms with van der Waals surface area (Å²) < 4.78 is 2.40. The first-order valence-electron chi connectivity index (χ1n) is 23.4. The van der Waals surface area contributed by atoms with Crippen molar-refractivity contribution < 1.29 is 0 Å². The van der Waals surface area contributed by atoms with Gasteiger partial charge in [0.05, 0.1) is 16.7 Å². The molecule has 12 aromatic carbocycles. The Morgan fingerprint density at radius 1 is 0.265 bits per heavy atom. The first-order chi connectivity index (χ1) is 33.7. The van der Waals surface area contributed by atoms with Crippen LogP contribution in [-0.2, 0) is 0 Å². The molecule has 0 aliphatic rings. The molecule has 0 spiro atoms. The maximum absolute atomic E-state index is 2.46. The molecule has 0 amide bonds. The zero-order valence-electron chi connectivity index (χ0n) is 37.3. The maximum Gasteiger partial charge on any atom is 0.0547 e. The first kappa shape index (κ1) is 39.4. The molecule has 2 nitrogen and oxygen atoms in total. The molecule has 1 aromatic heterocycles. The Balaban J connectivity index is 1.03. The van der Waals surface area contributed by atoms with Crippen LogP contribution in [-0.4, -0.2) is 4.57 Å². The summed E-state index contributed by atoms with van der Waals surface area (Å²) >= 11 is 0. The van der Waals surface area contributed by atoms with Crippen LogP contribution in [0.2, 0.25) is 0 Å². The number of hydrogen-bond acceptors (Lipinski definition) is 1. The predicted octanol–water partition coefficient (Wildman–Crippen LogP) is 18.4. The molecule has 2 heteroatoms. The number of para-hydroxylation sites is 3. The van der Waals surface area contributed by atoms with Crippen LogP contribution < -0.4 is 4.90 Å². The van der Waals surface area contributed by atoms with E-state index in [4.69, 9.17) is 0 Å². The van der Waals surface area contributed by atoms with Gasteiger partial charge in [-0.05, 0) is 126 Å². The average molecular weight is 865 g/mol. The molecule has 13 aromatic rings. The molecule has 0 saturated carbocycles. The van der Waals surface area contributed by atoms with Crippen LogP contribution in [0, 0.1) is 0 Å². The topological polar surface area (TPSA) is 8.17 Å². The molecule has 0 fully saturated rings. The normalized spacial score (nSPS) is 11.5. The van der Waals surface area contributed by atoms with E-state index in [1.165, 1.54) is 76.4 Å². The third kappa shape index (κ3) is 6.65. The van der Waals surface area contributed by atoms with Crippen molar-refractivity contribution in [1.29, 1.82) is 0 Å². The van der Waals surface area contributed by atoms with E-state index in [1.807, 2.05) is 0 Å². The summed E-state index contributed by atoms with van der Waals surface area (Å²) in [6, 6.07) is 97.6. The Kier molecular flexibility index (Phi) is 9.54. The molecule has 318 valence electrons. The van der Waals surface area contributed by atoms with Gasteiger partial charge in [0.25, 0.3) is 0 Å². The van der Waals surface area contributed by atoms with Crippen molar-refractivity contribution in [2.45, 2.75) is 0 Å². The third-order valence-electron chi connectivity index (χ3n) is 13.8. The lowest BCUT2D eigenvalue weighted by Crippen LogP contribution is -2.11. The number of aromatic nitrogens is 1. The summed E-state index contributed by atoms with van der Waals surface area (Å²) in [5.41, 5.74) is 16.2. The highest BCUT2D eigenvalue weighted by molar-refractivity contribution is 6.13. The minimum absolute atomic E-state index is 1.07. The molecule has 0 saturated heterocycles. The van der Waals surface area contributed by atoms with Gasteiger partial charge in [0.1, 0.15) is 0 Å². The summed E-state index contributed by atoms with van der Waals surface area (Å²) in [6.07, 6.45) is 0. The van der Waals surface area contributed by atoms with Crippen LogP contribution in [0.5, 0.6) is 0 Å². The smallest absolute Gasteiger partial charge is 0.0547 e. The van der Waals surface area contributed by atoms with Crippen molar-refractivity contribution in [2.24, 2.45) is 0 Å². The second-order valence-corrected chi connectivity index (χ2v) is 17.6. The molecule has 13 rings (SSSR count). The Morgan fingerprint density at radius 2 is 0.809 bits per heavy atom. The zero-order valence-corrected chi connectivity index (χ0v) is 37.3. The van der Waals surface area contributed by atoms with Gasteiger partial charge in [-0.2, -0.15) is 0 Å². The fourth-order valence-electron chi connectivity index (χ4n) is 10.7. The van der Waals surface area contributed by atoms with Gasteiger partial charge in [0.15, 0.2) is 0 Å². The Labute approximate surface area is 395 Å². The Morgan fingerprint density at radius 3 is 1.65 bits per heavy atom. The van der Waals surface area contributed by atoms with Crippen molar-refractivity contribution in [3.8, 4) is 50.2 Å². The number of benzene rings is 12. The fraction of sp³-hybridized carbons (Fsp3) is 0. The van der Waals surface area contributed by atoms with E-state index in [2.05, 4.69) is 276 Å². The molecular weight excluding hydrogens is 821 g/mol. The van der Waals surface area contributed by atoms with E-state index in [0.717, 1.165) is 45.0 Å². The van der Waals surface area contributed by atoms with Crippen LogP contribution in [0.4, 0.5) is 17.1 Å². The van der Waals surface area contributed by atoms with Gasteiger partial charge in [0, 0.05) is 33.4 Å². The first-order valence-corrected chi connectivity index (χ1v) is 23.4. The van der Waals surface area contributed by atoms with E-state index in [0.29, 0.717) is 0 Å². The summed E-state index contributed by atoms with van der Waals surface area (Å²) in [5.74, 6) is 0. The maximum atomic E-state index is 2.46. The van der Waals surface area contributed by atoms with Crippen molar-refractivity contribution in [1.82, 2.24) is 4.57 Å². The van der Waals surface area contributed by atoms with Gasteiger partial charge in [-0.3, -0.25) is 0 Å². The van der Waals surface area contributed by atoms with Gasteiger partial charge in [-0.25, -0.2) is 0 Å². The number of fused-ring (bicyclic) bond motifs is 7. The zero-order chi connectivity index (χ0) is 45.0. The summed E-state index contributed by atoms with van der Waals surface area (Å²) in [7, 11) is 0. The highest BCUT2D eigenvalue weighted by Gasteiger charge is 2.22. The van der Waals surface area contributed by atoms with Gasteiger partial charge < -0.3 is 9.47 Å². The minimum Gasteiger partial charge on any atom is -0.310 e. The van der Waals surface area contributed by atoms with Crippen LogP contribution in [0.15, 0.2) is 267 Å². The number of rotatable bonds is 8. The van der Waals surface area contributed by atoms with Crippen LogP contribution >= 0.6 is 0 Å². The van der Waals surface area contributed by atoms with Gasteiger partial charge in [-0.15, -0.1) is 0 Å². The van der Waals surface area contributed by atoms with E-state index in [-0.39, 0.29) is 0 Å². The monoisotopic (exact) mass is 864 g/mol. The lowest BCUT2D eigenvalue weighted by atomic mass is 9.90. The molecule has 0 radical (unpaired) electrons. The lowest BCUT2D eigenvalue weighted by molar-refractivity contribution is 1.18. The second kappa shape index (κ2) is 16.5. The molecule has 0 unspecified atom stereocenters. The highest BCUT2D eigenvalue weighted by atomic mass is 15.1. The number of nitrogens with zero attached hydrogens (tertiary/aromatic N) is 2. The van der Waals surface area contributed by atoms with Crippen molar-refractivity contribution in [3.63, 3.8) is 0 Å². The summed E-state index contributed by atoms with van der Waals surface area (Å²) in [4.78, 5) is 2.46. The standard InChI is InChI=1S/C66H44N2/c1-3-18-45(19-4-1)56-33-15-21-47-22-16-35-62(66(47)56)60-31-10-11-36-63(60)67(53-28-14-24-50(43-53)55-32-17-34-57-54-29-8-7-20-46(54)38-40-58(55)57)52-27-13-23-48(42-52)49-39-41-61-59-30-9-12-37-64(59)68(65(61)44-49)51-25-5-2-6-26-51/h1-44H. The highest BCUT2D eigenvalue weighted by Crippen LogP contribution is 2.47. The van der Waals surface area contributed by atoms with Crippen LogP contribution in [0.25, 0.3) is 104 Å². The van der Waals surface area contributed by atoms with Gasteiger partial charge in [-0.1, -0.05) is 212 Å². The molecule has 0 bridgehead atoms. The SMILES string of the molecule is c1ccc(-c2cccc3cccc(-c4ccccc4N(c4cccc(-c5ccc6c7ccccc7n(-c7ccccc7)c6c5)c4)c4cccc(-c5cccc6c5ccc5ccccc56)c4)c23)cc1. The second-order valence-electron chi connectivity index (χ2n) is 17.6. The lowest BCUT2D eigenvalue weighted by Gasteiger charge is -2.29. The molecule has 0 aliphatic carbocycles. The average Bonchev–Trinajstić information content (AvgIpc) is 3.75. The quantitative estimate of drug-likeness (QED) is 0.138. The molecule has 0 atom stereocenters. The predicted molar refractivity (Wildman–Crippen MR) is 290 cm³/mol. The Hall–Kier alpha value is -8.98. The molecule has 0 aliphatic heterocycles. The van der Waals surface area contributed by atoms with Crippen LogP contribution in [0.3, 0.4) is 0 Å².